The Morgan fingerprint density at radius 3 is 2.55 bits per heavy atom. The van der Waals surface area contributed by atoms with Crippen molar-refractivity contribution in [2.45, 2.75) is 32.7 Å². The summed E-state index contributed by atoms with van der Waals surface area (Å²) in [6.07, 6.45) is 2.00. The van der Waals surface area contributed by atoms with Crippen LogP contribution in [0, 0.1) is 5.82 Å². The van der Waals surface area contributed by atoms with E-state index in [1.807, 2.05) is 44.4 Å². The van der Waals surface area contributed by atoms with E-state index in [2.05, 4.69) is 20.9 Å². The van der Waals surface area contributed by atoms with Crippen molar-refractivity contribution in [1.29, 1.82) is 0 Å². The molecule has 2 aromatic rings. The maximum atomic E-state index is 13.5. The first kappa shape index (κ1) is 22.7. The van der Waals surface area contributed by atoms with E-state index < -0.39 is 0 Å². The first-order chi connectivity index (χ1) is 14.1. The molecule has 2 aromatic carbocycles. The molecule has 2 rings (SSSR count). The van der Waals surface area contributed by atoms with Crippen molar-refractivity contribution >= 4 is 23.6 Å². The van der Waals surface area contributed by atoms with Gasteiger partial charge in [-0.1, -0.05) is 18.2 Å². The van der Waals surface area contributed by atoms with Crippen LogP contribution in [-0.2, 0) is 18.8 Å². The zero-order valence-electron chi connectivity index (χ0n) is 17.2. The number of nitrogens with one attached hydrogen (secondary N) is 3. The number of carbonyl (C=O) groups excluding carboxylic acids is 1. The number of hydrogen-bond acceptors (Lipinski definition) is 3. The number of aliphatic imine (C=N–C) groups is 1. The molecule has 0 aliphatic heterocycles. The van der Waals surface area contributed by atoms with Crippen molar-refractivity contribution in [3.63, 3.8) is 0 Å². The minimum Gasteiger partial charge on any atom is -0.357 e. The zero-order valence-corrected chi connectivity index (χ0v) is 18.0. The van der Waals surface area contributed by atoms with Crippen LogP contribution in [0.15, 0.2) is 47.5 Å². The monoisotopic (exact) mass is 416 g/mol. The highest BCUT2D eigenvalue weighted by atomic mass is 32.2. The molecule has 0 spiro atoms. The van der Waals surface area contributed by atoms with Gasteiger partial charge in [-0.05, 0) is 61.1 Å². The first-order valence-electron chi connectivity index (χ1n) is 9.72. The van der Waals surface area contributed by atoms with Crippen LogP contribution in [-0.4, -0.2) is 31.2 Å². The number of halogens is 1. The van der Waals surface area contributed by atoms with Crippen molar-refractivity contribution in [3.05, 3.63) is 70.5 Å². The van der Waals surface area contributed by atoms with Crippen LogP contribution in [0.2, 0.25) is 0 Å². The maximum absolute atomic E-state index is 13.5. The van der Waals surface area contributed by atoms with Gasteiger partial charge in [-0.15, -0.1) is 0 Å². The molecule has 0 aliphatic carbocycles. The average Bonchev–Trinajstić information content (AvgIpc) is 2.72. The van der Waals surface area contributed by atoms with Gasteiger partial charge in [0.1, 0.15) is 5.82 Å². The van der Waals surface area contributed by atoms with Gasteiger partial charge in [0.15, 0.2) is 5.96 Å². The highest BCUT2D eigenvalue weighted by molar-refractivity contribution is 7.97. The fourth-order valence-corrected chi connectivity index (χ4v) is 3.40. The quantitative estimate of drug-likeness (QED) is 0.431. The smallest absolute Gasteiger partial charge is 0.251 e. The molecule has 0 saturated carbocycles. The molecule has 0 atom stereocenters. The van der Waals surface area contributed by atoms with Gasteiger partial charge in [0, 0.05) is 31.0 Å². The molecule has 0 saturated heterocycles. The number of benzene rings is 2. The lowest BCUT2D eigenvalue weighted by Crippen LogP contribution is -2.37. The van der Waals surface area contributed by atoms with Crippen LogP contribution in [0.1, 0.15) is 40.9 Å². The lowest BCUT2D eigenvalue weighted by molar-refractivity contribution is 0.0955. The van der Waals surface area contributed by atoms with E-state index in [1.165, 1.54) is 6.07 Å². The first-order valence-corrected chi connectivity index (χ1v) is 11.1. The third-order valence-electron chi connectivity index (χ3n) is 4.20. The van der Waals surface area contributed by atoms with Gasteiger partial charge in [-0.25, -0.2) is 9.38 Å². The Hall–Kier alpha value is -2.54. The highest BCUT2D eigenvalue weighted by Gasteiger charge is 2.07. The summed E-state index contributed by atoms with van der Waals surface area (Å²) in [4.78, 5) is 16.6. The predicted octanol–water partition coefficient (Wildman–Crippen LogP) is 3.69. The van der Waals surface area contributed by atoms with Crippen molar-refractivity contribution in [2.24, 2.45) is 4.99 Å². The Balaban J connectivity index is 2.07. The Kier molecular flexibility index (Phi) is 9.50. The van der Waals surface area contributed by atoms with E-state index >= 15 is 0 Å². The van der Waals surface area contributed by atoms with Crippen LogP contribution >= 0.6 is 11.8 Å². The SMILES string of the molecule is CCNC(=O)c1cccc(CN=C(NCC)NCc2ccc(F)cc2CSC)c1. The summed E-state index contributed by atoms with van der Waals surface area (Å²) >= 11 is 1.66. The van der Waals surface area contributed by atoms with Crippen molar-refractivity contribution in [1.82, 2.24) is 16.0 Å². The molecule has 7 heteroatoms. The Morgan fingerprint density at radius 2 is 1.83 bits per heavy atom. The largest absolute Gasteiger partial charge is 0.357 e. The summed E-state index contributed by atoms with van der Waals surface area (Å²) in [7, 11) is 0. The molecule has 3 N–H and O–H groups in total. The van der Waals surface area contributed by atoms with Gasteiger partial charge in [0.25, 0.3) is 5.91 Å². The van der Waals surface area contributed by atoms with E-state index in [1.54, 1.807) is 23.9 Å². The number of carbonyl (C=O) groups is 1. The van der Waals surface area contributed by atoms with Gasteiger partial charge in [0.05, 0.1) is 6.54 Å². The Morgan fingerprint density at radius 1 is 1.03 bits per heavy atom. The van der Waals surface area contributed by atoms with Crippen molar-refractivity contribution in [3.8, 4) is 0 Å². The van der Waals surface area contributed by atoms with Gasteiger partial charge < -0.3 is 16.0 Å². The van der Waals surface area contributed by atoms with Crippen LogP contribution in [0.5, 0.6) is 0 Å². The fraction of sp³-hybridized carbons (Fsp3) is 0.364. The normalized spacial score (nSPS) is 11.2. The second-order valence-corrected chi connectivity index (χ2v) is 7.32. The summed E-state index contributed by atoms with van der Waals surface area (Å²) in [6, 6.07) is 12.4. The highest BCUT2D eigenvalue weighted by Crippen LogP contribution is 2.16. The van der Waals surface area contributed by atoms with Gasteiger partial charge in [0.2, 0.25) is 0 Å². The maximum Gasteiger partial charge on any atom is 0.251 e. The van der Waals surface area contributed by atoms with Gasteiger partial charge in [-0.3, -0.25) is 4.79 Å². The lowest BCUT2D eigenvalue weighted by atomic mass is 10.1. The number of hydrogen-bond donors (Lipinski definition) is 3. The Bertz CT molecular complexity index is 841. The minimum atomic E-state index is -0.217. The molecule has 29 heavy (non-hydrogen) atoms. The minimum absolute atomic E-state index is 0.0824. The summed E-state index contributed by atoms with van der Waals surface area (Å²) < 4.78 is 13.5. The fourth-order valence-electron chi connectivity index (χ4n) is 2.82. The second-order valence-electron chi connectivity index (χ2n) is 6.45. The van der Waals surface area contributed by atoms with E-state index in [4.69, 9.17) is 0 Å². The molecular weight excluding hydrogens is 387 g/mol. The van der Waals surface area contributed by atoms with E-state index in [-0.39, 0.29) is 11.7 Å². The van der Waals surface area contributed by atoms with Crippen LogP contribution in [0.3, 0.4) is 0 Å². The Labute approximate surface area is 176 Å². The molecule has 1 amide bonds. The molecule has 0 aromatic heterocycles. The third-order valence-corrected chi connectivity index (χ3v) is 4.80. The van der Waals surface area contributed by atoms with Crippen LogP contribution in [0.4, 0.5) is 4.39 Å². The van der Waals surface area contributed by atoms with E-state index in [9.17, 15) is 9.18 Å². The predicted molar refractivity (Wildman–Crippen MR) is 120 cm³/mol. The number of amides is 1. The average molecular weight is 417 g/mol. The molecule has 0 fully saturated rings. The number of thioether (sulfide) groups is 1. The summed E-state index contributed by atoms with van der Waals surface area (Å²) in [5.74, 6) is 1.14. The van der Waals surface area contributed by atoms with Crippen LogP contribution in [0.25, 0.3) is 0 Å². The summed E-state index contributed by atoms with van der Waals surface area (Å²) in [5.41, 5.74) is 3.61. The lowest BCUT2D eigenvalue weighted by Gasteiger charge is -2.14. The topological polar surface area (TPSA) is 65.5 Å². The number of rotatable bonds is 9. The zero-order chi connectivity index (χ0) is 21.1. The van der Waals surface area contributed by atoms with Crippen LogP contribution < -0.4 is 16.0 Å². The van der Waals surface area contributed by atoms with E-state index in [0.29, 0.717) is 31.2 Å². The molecular formula is C22H29FN4OS. The summed E-state index contributed by atoms with van der Waals surface area (Å²) in [5, 5.41) is 9.34. The molecule has 5 nitrogen and oxygen atoms in total. The number of guanidine groups is 1. The molecule has 0 heterocycles. The number of nitrogens with zero attached hydrogens (tertiary/aromatic N) is 1. The molecule has 0 radical (unpaired) electrons. The molecule has 0 bridgehead atoms. The van der Waals surface area contributed by atoms with Crippen molar-refractivity contribution < 1.29 is 9.18 Å². The second kappa shape index (κ2) is 12.1. The van der Waals surface area contributed by atoms with Gasteiger partial charge in [-0.2, -0.15) is 11.8 Å². The molecule has 156 valence electrons. The standard InChI is InChI=1S/C22H29FN4OS/c1-4-24-21(28)17-8-6-7-16(11-17)13-26-22(25-5-2)27-14-18-9-10-20(23)12-19(18)15-29-3/h6-12H,4-5,13-15H2,1-3H3,(H,24,28)(H2,25,26,27). The third kappa shape index (κ3) is 7.42. The van der Waals surface area contributed by atoms with Crippen molar-refractivity contribution in [2.75, 3.05) is 19.3 Å². The molecule has 0 aliphatic rings. The summed E-state index contributed by atoms with van der Waals surface area (Å²) in [6.45, 7) is 6.23. The van der Waals surface area contributed by atoms with Gasteiger partial charge >= 0.3 is 0 Å². The van der Waals surface area contributed by atoms with E-state index in [0.717, 1.165) is 29.0 Å². The molecule has 0 unspecified atom stereocenters.